The van der Waals surface area contributed by atoms with Gasteiger partial charge in [-0.3, -0.25) is 14.5 Å². The molecule has 5 aliphatic rings. The highest BCUT2D eigenvalue weighted by atomic mass is 16.7. The monoisotopic (exact) mass is 608 g/mol. The first-order valence-corrected chi connectivity index (χ1v) is 16.3. The summed E-state index contributed by atoms with van der Waals surface area (Å²) in [4.78, 5) is 47.2. The number of alkyl carbamates (subject to hydrolysis) is 1. The van der Waals surface area contributed by atoms with Crippen LogP contribution >= 0.6 is 0 Å². The van der Waals surface area contributed by atoms with E-state index in [9.17, 15) is 14.4 Å². The fraction of sp³-hybridized carbons (Fsp3) is 0.727. The van der Waals surface area contributed by atoms with Gasteiger partial charge < -0.3 is 29.2 Å². The average molecular weight is 609 g/mol. The van der Waals surface area contributed by atoms with E-state index in [1.807, 2.05) is 59.4 Å². The number of nitrogens with one attached hydrogen (secondary N) is 1. The highest BCUT2D eigenvalue weighted by Crippen LogP contribution is 2.55. The summed E-state index contributed by atoms with van der Waals surface area (Å²) in [6.45, 7) is 17.7. The van der Waals surface area contributed by atoms with Crippen LogP contribution < -0.4 is 5.32 Å². The molecular weight excluding hydrogens is 559 g/mol. The molecule has 1 aliphatic carbocycles. The van der Waals surface area contributed by atoms with Crippen molar-refractivity contribution in [2.75, 3.05) is 19.6 Å². The Hall–Kier alpha value is -2.63. The van der Waals surface area contributed by atoms with E-state index < -0.39 is 36.1 Å². The fourth-order valence-electron chi connectivity index (χ4n) is 8.06. The summed E-state index contributed by atoms with van der Waals surface area (Å²) in [6.07, 6.45) is 2.72. The molecular formula is C33H49BN4O6. The van der Waals surface area contributed by atoms with Crippen LogP contribution in [-0.4, -0.2) is 99.7 Å². The molecule has 44 heavy (non-hydrogen) atoms. The number of amides is 3. The first kappa shape index (κ1) is 31.4. The Balaban J connectivity index is 1.21. The maximum Gasteiger partial charge on any atom is 0.482 e. The number of likely N-dealkylation sites (tertiary alicyclic amines) is 3. The van der Waals surface area contributed by atoms with Gasteiger partial charge in [-0.25, -0.2) is 4.79 Å². The van der Waals surface area contributed by atoms with Gasteiger partial charge in [0, 0.05) is 32.2 Å². The Morgan fingerprint density at radius 3 is 2.50 bits per heavy atom. The van der Waals surface area contributed by atoms with Gasteiger partial charge in [-0.2, -0.15) is 0 Å². The van der Waals surface area contributed by atoms with Crippen molar-refractivity contribution in [3.05, 3.63) is 35.4 Å². The highest BCUT2D eigenvalue weighted by Gasteiger charge is 2.67. The lowest BCUT2D eigenvalue weighted by Crippen LogP contribution is -2.59. The second-order valence-corrected chi connectivity index (χ2v) is 15.7. The van der Waals surface area contributed by atoms with E-state index in [0.29, 0.717) is 26.2 Å². The van der Waals surface area contributed by atoms with E-state index in [4.69, 9.17) is 14.0 Å². The quantitative estimate of drug-likeness (QED) is 0.472. The minimum atomic E-state index is -0.830. The molecule has 0 aromatic heterocycles. The van der Waals surface area contributed by atoms with Crippen molar-refractivity contribution in [2.24, 2.45) is 5.92 Å². The molecule has 1 aromatic rings. The summed E-state index contributed by atoms with van der Waals surface area (Å²) in [5.41, 5.74) is 0.357. The zero-order valence-electron chi connectivity index (χ0n) is 27.6. The van der Waals surface area contributed by atoms with E-state index in [1.54, 1.807) is 0 Å². The Kier molecular flexibility index (Phi) is 7.65. The number of rotatable bonds is 7. The minimum Gasteiger partial charge on any atom is -0.444 e. The van der Waals surface area contributed by atoms with Gasteiger partial charge in [-0.15, -0.1) is 0 Å². The molecule has 1 N–H and O–H groups in total. The van der Waals surface area contributed by atoms with Crippen LogP contribution in [-0.2, 0) is 30.2 Å². The van der Waals surface area contributed by atoms with Crippen molar-refractivity contribution in [3.63, 3.8) is 0 Å². The summed E-state index contributed by atoms with van der Waals surface area (Å²) < 4.78 is 18.3. The van der Waals surface area contributed by atoms with E-state index in [2.05, 4.69) is 40.2 Å². The molecule has 3 bridgehead atoms. The SMILES string of the molecule is Cc1cccc(CN2C(=O)C3CC24CC3N(C[C@H](NC(=O)OC(C)(C)C)C(=O)N2CCCC2B2OC(C)(C)C(C)(C)O2)C4)c1. The number of carbonyl (C=O) groups is 3. The molecule has 240 valence electrons. The molecule has 5 atom stereocenters. The topological polar surface area (TPSA) is 101 Å². The maximum atomic E-state index is 14.3. The predicted molar refractivity (Wildman–Crippen MR) is 167 cm³/mol. The minimum absolute atomic E-state index is 0.0597. The number of hydrogen-bond acceptors (Lipinski definition) is 7. The van der Waals surface area contributed by atoms with Crippen LogP contribution in [0.4, 0.5) is 4.79 Å². The summed E-state index contributed by atoms with van der Waals surface area (Å²) in [5, 5.41) is 2.92. The lowest BCUT2D eigenvalue weighted by molar-refractivity contribution is -0.136. The number of fused-ring (bicyclic) bond motifs is 3. The molecule has 4 unspecified atom stereocenters. The Labute approximate surface area is 262 Å². The molecule has 1 aromatic carbocycles. The molecule has 1 saturated carbocycles. The predicted octanol–water partition coefficient (Wildman–Crippen LogP) is 3.69. The van der Waals surface area contributed by atoms with Gasteiger partial charge >= 0.3 is 13.2 Å². The first-order chi connectivity index (χ1) is 20.5. The van der Waals surface area contributed by atoms with Crippen LogP contribution in [0.3, 0.4) is 0 Å². The van der Waals surface area contributed by atoms with Gasteiger partial charge in [0.25, 0.3) is 0 Å². The van der Waals surface area contributed by atoms with Gasteiger partial charge in [-0.1, -0.05) is 29.8 Å². The molecule has 4 saturated heterocycles. The number of benzene rings is 1. The molecule has 11 heteroatoms. The van der Waals surface area contributed by atoms with Crippen LogP contribution in [0, 0.1) is 12.8 Å². The van der Waals surface area contributed by atoms with Crippen LogP contribution in [0.1, 0.15) is 85.3 Å². The second kappa shape index (κ2) is 10.7. The highest BCUT2D eigenvalue weighted by molar-refractivity contribution is 6.48. The van der Waals surface area contributed by atoms with Gasteiger partial charge in [0.15, 0.2) is 0 Å². The third kappa shape index (κ3) is 5.53. The van der Waals surface area contributed by atoms with Gasteiger partial charge in [0.1, 0.15) is 11.6 Å². The van der Waals surface area contributed by atoms with Crippen molar-refractivity contribution >= 4 is 25.0 Å². The zero-order valence-corrected chi connectivity index (χ0v) is 27.6. The fourth-order valence-corrected chi connectivity index (χ4v) is 8.06. The first-order valence-electron chi connectivity index (χ1n) is 16.3. The lowest BCUT2D eigenvalue weighted by Gasteiger charge is -2.36. The number of ether oxygens (including phenoxy) is 1. The van der Waals surface area contributed by atoms with Gasteiger partial charge in [-0.05, 0) is 86.6 Å². The summed E-state index contributed by atoms with van der Waals surface area (Å²) in [5.74, 6) is -0.296. The third-order valence-electron chi connectivity index (χ3n) is 10.8. The molecule has 0 radical (unpaired) electrons. The summed E-state index contributed by atoms with van der Waals surface area (Å²) >= 11 is 0. The smallest absolute Gasteiger partial charge is 0.444 e. The Bertz CT molecular complexity index is 1310. The van der Waals surface area contributed by atoms with Crippen molar-refractivity contribution in [1.29, 1.82) is 0 Å². The molecule has 1 spiro atoms. The molecule has 5 fully saturated rings. The molecule has 6 rings (SSSR count). The molecule has 3 amide bonds. The third-order valence-corrected chi connectivity index (χ3v) is 10.8. The lowest BCUT2D eigenvalue weighted by atomic mass is 9.76. The normalized spacial score (nSPS) is 31.2. The molecule has 10 nitrogen and oxygen atoms in total. The van der Waals surface area contributed by atoms with Crippen LogP contribution in [0.15, 0.2) is 24.3 Å². The zero-order chi connectivity index (χ0) is 31.8. The number of carbonyl (C=O) groups excluding carboxylic acids is 3. The maximum absolute atomic E-state index is 14.3. The number of aryl methyl sites for hydroxylation is 1. The van der Waals surface area contributed by atoms with E-state index >= 15 is 0 Å². The molecule has 4 heterocycles. The van der Waals surface area contributed by atoms with Crippen molar-refractivity contribution in [3.8, 4) is 0 Å². The van der Waals surface area contributed by atoms with E-state index in [-0.39, 0.29) is 35.3 Å². The Morgan fingerprint density at radius 1 is 1.14 bits per heavy atom. The van der Waals surface area contributed by atoms with Gasteiger partial charge in [0.05, 0.1) is 28.6 Å². The van der Waals surface area contributed by atoms with Crippen molar-refractivity contribution < 1.29 is 28.4 Å². The summed E-state index contributed by atoms with van der Waals surface area (Å²) in [6, 6.07) is 7.57. The standard InChI is InChI=1S/C33H49BN4O6/c1-21-11-9-12-22(15-21)18-38-27(39)23-16-33(38)17-25(23)36(20-33)19-24(35-29(41)42-30(2,3)4)28(40)37-14-10-13-26(37)34-43-31(5,6)32(7,8)44-34/h9,11-12,15,23-26H,10,13-14,16-20H2,1-8H3,(H,35,41)/t23?,24-,25?,26?,33?/m0/s1. The van der Waals surface area contributed by atoms with Gasteiger partial charge in [0.2, 0.25) is 11.8 Å². The van der Waals surface area contributed by atoms with E-state index in [0.717, 1.165) is 31.2 Å². The summed E-state index contributed by atoms with van der Waals surface area (Å²) in [7, 11) is -0.543. The van der Waals surface area contributed by atoms with Crippen LogP contribution in [0.25, 0.3) is 0 Å². The van der Waals surface area contributed by atoms with E-state index in [1.165, 1.54) is 5.56 Å². The average Bonchev–Trinajstić information content (AvgIpc) is 3.68. The van der Waals surface area contributed by atoms with Crippen molar-refractivity contribution in [1.82, 2.24) is 20.0 Å². The Morgan fingerprint density at radius 2 is 1.84 bits per heavy atom. The number of nitrogens with zero attached hydrogens (tertiary/aromatic N) is 3. The molecule has 4 aliphatic heterocycles. The van der Waals surface area contributed by atoms with Crippen LogP contribution in [0.2, 0.25) is 0 Å². The van der Waals surface area contributed by atoms with Crippen molar-refractivity contribution in [2.45, 2.75) is 128 Å². The number of piperidine rings is 2. The largest absolute Gasteiger partial charge is 0.482 e. The second-order valence-electron chi connectivity index (χ2n) is 15.7. The number of hydrogen-bond donors (Lipinski definition) is 1. The van der Waals surface area contributed by atoms with Crippen LogP contribution in [0.5, 0.6) is 0 Å².